The molecule has 1 fully saturated rings. The predicted octanol–water partition coefficient (Wildman–Crippen LogP) is 2.56. The number of nitrogens with two attached hydrogens (primary N) is 1. The van der Waals surface area contributed by atoms with Crippen LogP contribution in [0.2, 0.25) is 0 Å². The zero-order valence-corrected chi connectivity index (χ0v) is 11.5. The van der Waals surface area contributed by atoms with E-state index in [1.54, 1.807) is 16.8 Å². The first kappa shape index (κ1) is 14.1. The van der Waals surface area contributed by atoms with Gasteiger partial charge in [-0.25, -0.2) is 0 Å². The molecule has 0 radical (unpaired) electrons. The van der Waals surface area contributed by atoms with E-state index in [4.69, 9.17) is 10.5 Å². The van der Waals surface area contributed by atoms with E-state index in [1.165, 1.54) is 44.6 Å². The second-order valence-electron chi connectivity index (χ2n) is 5.33. The molecule has 2 rings (SSSR count). The summed E-state index contributed by atoms with van der Waals surface area (Å²) in [7, 11) is 0. The Labute approximate surface area is 114 Å². The molecule has 1 aromatic heterocycles. The molecule has 0 aromatic carbocycles. The number of hydrogen-bond acceptors (Lipinski definition) is 3. The van der Waals surface area contributed by atoms with Crippen molar-refractivity contribution in [2.45, 2.75) is 57.6 Å². The van der Waals surface area contributed by atoms with E-state index in [0.29, 0.717) is 18.3 Å². The fraction of sp³-hybridized carbons (Fsp3) is 0.667. The number of pyridine rings is 1. The van der Waals surface area contributed by atoms with Crippen molar-refractivity contribution < 1.29 is 4.74 Å². The third-order valence-corrected chi connectivity index (χ3v) is 3.71. The number of nitrogens with zero attached hydrogens (tertiary/aromatic N) is 1. The smallest absolute Gasteiger partial charge is 0.250 e. The highest BCUT2D eigenvalue weighted by molar-refractivity contribution is 5.33. The van der Waals surface area contributed by atoms with Gasteiger partial charge in [0.2, 0.25) is 0 Å². The molecule has 106 valence electrons. The summed E-state index contributed by atoms with van der Waals surface area (Å²) in [5, 5.41) is 0. The molecule has 19 heavy (non-hydrogen) atoms. The number of anilines is 1. The molecule has 0 amide bonds. The molecule has 0 bridgehead atoms. The summed E-state index contributed by atoms with van der Waals surface area (Å²) in [4.78, 5) is 11.6. The zero-order valence-electron chi connectivity index (χ0n) is 11.5. The normalized spacial score (nSPS) is 17.3. The fourth-order valence-corrected chi connectivity index (χ4v) is 2.62. The highest BCUT2D eigenvalue weighted by Crippen LogP contribution is 2.19. The van der Waals surface area contributed by atoms with E-state index < -0.39 is 0 Å². The van der Waals surface area contributed by atoms with Gasteiger partial charge in [-0.2, -0.15) is 0 Å². The van der Waals surface area contributed by atoms with E-state index in [1.807, 2.05) is 0 Å². The van der Waals surface area contributed by atoms with Crippen LogP contribution < -0.4 is 11.3 Å². The second-order valence-corrected chi connectivity index (χ2v) is 5.33. The van der Waals surface area contributed by atoms with Gasteiger partial charge in [0.05, 0.1) is 6.10 Å². The minimum atomic E-state index is 0.00339. The van der Waals surface area contributed by atoms with Gasteiger partial charge in [-0.15, -0.1) is 0 Å². The average Bonchev–Trinajstić information content (AvgIpc) is 2.67. The standard InChI is InChI=1S/C15H24N2O2/c16-13-8-9-15(18)17(12-13)10-5-11-19-14-6-3-1-2-4-7-14/h8-9,12,14H,1-7,10-11,16H2. The lowest BCUT2D eigenvalue weighted by Crippen LogP contribution is -2.20. The maximum atomic E-state index is 11.6. The van der Waals surface area contributed by atoms with Crippen molar-refractivity contribution in [1.82, 2.24) is 4.57 Å². The summed E-state index contributed by atoms with van der Waals surface area (Å²) < 4.78 is 7.57. The Morgan fingerprint density at radius 1 is 1.21 bits per heavy atom. The van der Waals surface area contributed by atoms with Gasteiger partial charge >= 0.3 is 0 Å². The van der Waals surface area contributed by atoms with Crippen molar-refractivity contribution in [3.05, 3.63) is 28.7 Å². The molecule has 1 aliphatic carbocycles. The highest BCUT2D eigenvalue weighted by Gasteiger charge is 2.11. The van der Waals surface area contributed by atoms with Crippen LogP contribution in [-0.4, -0.2) is 17.3 Å². The molecule has 2 N–H and O–H groups in total. The lowest BCUT2D eigenvalue weighted by Gasteiger charge is -2.15. The Bertz CT molecular complexity index is 434. The molecule has 4 nitrogen and oxygen atoms in total. The molecule has 1 aromatic rings. The Kier molecular flexibility index (Phi) is 5.45. The van der Waals surface area contributed by atoms with Crippen molar-refractivity contribution >= 4 is 5.69 Å². The van der Waals surface area contributed by atoms with Gasteiger partial charge in [0, 0.05) is 31.1 Å². The highest BCUT2D eigenvalue weighted by atomic mass is 16.5. The lowest BCUT2D eigenvalue weighted by atomic mass is 10.1. The number of nitrogen functional groups attached to an aromatic ring is 1. The molecule has 0 saturated heterocycles. The summed E-state index contributed by atoms with van der Waals surface area (Å²) in [6, 6.07) is 3.16. The van der Waals surface area contributed by atoms with Gasteiger partial charge in [-0.1, -0.05) is 25.7 Å². The largest absolute Gasteiger partial charge is 0.398 e. The minimum absolute atomic E-state index is 0.00339. The van der Waals surface area contributed by atoms with Crippen LogP contribution >= 0.6 is 0 Å². The number of hydrogen-bond donors (Lipinski definition) is 1. The van der Waals surface area contributed by atoms with Crippen LogP contribution in [0.15, 0.2) is 23.1 Å². The summed E-state index contributed by atoms with van der Waals surface area (Å²) in [5.74, 6) is 0. The van der Waals surface area contributed by atoms with Gasteiger partial charge < -0.3 is 15.0 Å². The maximum absolute atomic E-state index is 11.6. The Morgan fingerprint density at radius 3 is 2.68 bits per heavy atom. The van der Waals surface area contributed by atoms with Crippen LogP contribution in [0.25, 0.3) is 0 Å². The molecule has 4 heteroatoms. The van der Waals surface area contributed by atoms with Crippen molar-refractivity contribution in [2.24, 2.45) is 0 Å². The summed E-state index contributed by atoms with van der Waals surface area (Å²) in [5.41, 5.74) is 6.31. The van der Waals surface area contributed by atoms with Crippen LogP contribution in [0, 0.1) is 0 Å². The van der Waals surface area contributed by atoms with E-state index in [0.717, 1.165) is 13.0 Å². The quantitative estimate of drug-likeness (QED) is 0.657. The van der Waals surface area contributed by atoms with Crippen LogP contribution in [0.4, 0.5) is 5.69 Å². The Balaban J connectivity index is 1.71. The second kappa shape index (κ2) is 7.34. The van der Waals surface area contributed by atoms with Crippen molar-refractivity contribution in [3.63, 3.8) is 0 Å². The van der Waals surface area contributed by atoms with Crippen LogP contribution in [-0.2, 0) is 11.3 Å². The molecule has 0 unspecified atom stereocenters. The minimum Gasteiger partial charge on any atom is -0.398 e. The molecule has 1 heterocycles. The van der Waals surface area contributed by atoms with Gasteiger partial charge in [-0.05, 0) is 25.3 Å². The lowest BCUT2D eigenvalue weighted by molar-refractivity contribution is 0.0400. The van der Waals surface area contributed by atoms with Crippen LogP contribution in [0.3, 0.4) is 0 Å². The molecular formula is C15H24N2O2. The van der Waals surface area contributed by atoms with Gasteiger partial charge in [0.25, 0.3) is 5.56 Å². The van der Waals surface area contributed by atoms with Crippen LogP contribution in [0.5, 0.6) is 0 Å². The topological polar surface area (TPSA) is 57.2 Å². The third-order valence-electron chi connectivity index (χ3n) is 3.71. The van der Waals surface area contributed by atoms with E-state index >= 15 is 0 Å². The molecule has 1 saturated carbocycles. The molecular weight excluding hydrogens is 240 g/mol. The summed E-state index contributed by atoms with van der Waals surface area (Å²) >= 11 is 0. The molecule has 0 aliphatic heterocycles. The third kappa shape index (κ3) is 4.71. The van der Waals surface area contributed by atoms with Gasteiger partial charge in [0.1, 0.15) is 0 Å². The van der Waals surface area contributed by atoms with E-state index in [9.17, 15) is 4.79 Å². The van der Waals surface area contributed by atoms with Gasteiger partial charge in [0.15, 0.2) is 0 Å². The Hall–Kier alpha value is -1.29. The number of rotatable bonds is 5. The summed E-state index contributed by atoms with van der Waals surface area (Å²) in [6.07, 6.45) is 10.7. The van der Waals surface area contributed by atoms with Crippen molar-refractivity contribution in [3.8, 4) is 0 Å². The number of aryl methyl sites for hydroxylation is 1. The molecule has 1 aliphatic rings. The zero-order chi connectivity index (χ0) is 13.5. The van der Waals surface area contributed by atoms with Crippen molar-refractivity contribution in [1.29, 1.82) is 0 Å². The summed E-state index contributed by atoms with van der Waals surface area (Å²) in [6.45, 7) is 1.41. The van der Waals surface area contributed by atoms with E-state index in [-0.39, 0.29) is 5.56 Å². The van der Waals surface area contributed by atoms with Crippen molar-refractivity contribution in [2.75, 3.05) is 12.3 Å². The maximum Gasteiger partial charge on any atom is 0.250 e. The Morgan fingerprint density at radius 2 is 1.95 bits per heavy atom. The average molecular weight is 264 g/mol. The van der Waals surface area contributed by atoms with E-state index in [2.05, 4.69) is 0 Å². The number of aromatic nitrogens is 1. The van der Waals surface area contributed by atoms with Crippen LogP contribution in [0.1, 0.15) is 44.9 Å². The first-order valence-electron chi connectivity index (χ1n) is 7.33. The van der Waals surface area contributed by atoms with Gasteiger partial charge in [-0.3, -0.25) is 4.79 Å². The first-order valence-corrected chi connectivity index (χ1v) is 7.33. The predicted molar refractivity (Wildman–Crippen MR) is 77.2 cm³/mol. The first-order chi connectivity index (χ1) is 9.25. The SMILES string of the molecule is Nc1ccc(=O)n(CCCOC2CCCCCC2)c1. The molecule has 0 spiro atoms. The molecule has 0 atom stereocenters. The monoisotopic (exact) mass is 264 g/mol. The number of ether oxygens (including phenoxy) is 1. The fourth-order valence-electron chi connectivity index (χ4n) is 2.62.